The maximum Gasteiger partial charge on any atom is 0.253 e. The topological polar surface area (TPSA) is 133 Å². The van der Waals surface area contributed by atoms with Gasteiger partial charge in [-0.2, -0.15) is 0 Å². The van der Waals surface area contributed by atoms with Crippen LogP contribution in [0.1, 0.15) is 51.4 Å². The number of allylic oxidation sites excluding steroid dienone is 4. The third-order valence-electron chi connectivity index (χ3n) is 5.59. The highest BCUT2D eigenvalue weighted by atomic mass is 16.2. The number of carbonyl (C=O) groups excluding carboxylic acids is 6. The van der Waals surface area contributed by atoms with E-state index < -0.39 is 23.9 Å². The number of β-lactam (4-membered cyclic amide) rings is 2. The van der Waals surface area contributed by atoms with E-state index in [1.807, 2.05) is 0 Å². The minimum absolute atomic E-state index is 0.160. The second-order valence-corrected chi connectivity index (χ2v) is 8.02. The van der Waals surface area contributed by atoms with Crippen molar-refractivity contribution in [2.75, 3.05) is 13.1 Å². The van der Waals surface area contributed by atoms with Gasteiger partial charge in [0.1, 0.15) is 12.1 Å². The molecule has 0 aromatic carbocycles. The van der Waals surface area contributed by atoms with Crippen LogP contribution in [0.3, 0.4) is 0 Å². The van der Waals surface area contributed by atoms with Crippen LogP contribution < -0.4 is 10.6 Å². The lowest BCUT2D eigenvalue weighted by Gasteiger charge is -2.37. The van der Waals surface area contributed by atoms with Crippen molar-refractivity contribution in [1.29, 1.82) is 0 Å². The molecule has 6 amide bonds. The summed E-state index contributed by atoms with van der Waals surface area (Å²) in [5, 5.41) is 5.26. The van der Waals surface area contributed by atoms with E-state index in [2.05, 4.69) is 10.6 Å². The zero-order valence-electron chi connectivity index (χ0n) is 17.9. The van der Waals surface area contributed by atoms with Gasteiger partial charge >= 0.3 is 0 Å². The first-order valence-corrected chi connectivity index (χ1v) is 10.9. The molecule has 0 saturated carbocycles. The van der Waals surface area contributed by atoms with Crippen LogP contribution in [0.15, 0.2) is 24.3 Å². The van der Waals surface area contributed by atoms with Crippen LogP contribution in [0, 0.1) is 0 Å². The predicted octanol–water partition coefficient (Wildman–Crippen LogP) is -0.0596. The summed E-state index contributed by atoms with van der Waals surface area (Å²) in [5.41, 5.74) is 0. The molecule has 32 heavy (non-hydrogen) atoms. The first-order chi connectivity index (χ1) is 15.4. The van der Waals surface area contributed by atoms with E-state index in [4.69, 9.17) is 0 Å². The third kappa shape index (κ3) is 5.89. The molecule has 2 fully saturated rings. The highest BCUT2D eigenvalue weighted by Gasteiger charge is 2.41. The van der Waals surface area contributed by atoms with Crippen molar-refractivity contribution < 1.29 is 28.8 Å². The van der Waals surface area contributed by atoms with Crippen molar-refractivity contribution in [3.8, 4) is 0 Å². The molecule has 10 nitrogen and oxygen atoms in total. The molecule has 2 saturated heterocycles. The van der Waals surface area contributed by atoms with Crippen LogP contribution in [0.25, 0.3) is 0 Å². The molecule has 0 unspecified atom stereocenters. The van der Waals surface area contributed by atoms with Gasteiger partial charge in [0, 0.05) is 25.7 Å². The highest BCUT2D eigenvalue weighted by molar-refractivity contribution is 6.05. The molecule has 6 aliphatic rings. The average molecular weight is 444 g/mol. The summed E-state index contributed by atoms with van der Waals surface area (Å²) >= 11 is 0. The molecule has 0 spiro atoms. The maximum atomic E-state index is 12.1. The Hall–Kier alpha value is -3.30. The number of carbonyl (C=O) groups is 6. The lowest BCUT2D eigenvalue weighted by molar-refractivity contribution is -0.158. The first kappa shape index (κ1) is 23.4. The number of amides is 6. The molecule has 4 bridgehead atoms. The zero-order valence-corrected chi connectivity index (χ0v) is 17.9. The molecule has 172 valence electrons. The van der Waals surface area contributed by atoms with Crippen LogP contribution in [0.2, 0.25) is 0 Å². The van der Waals surface area contributed by atoms with Crippen LogP contribution in [-0.4, -0.2) is 70.4 Å². The number of nitrogens with one attached hydrogen (secondary N) is 2. The van der Waals surface area contributed by atoms with Crippen molar-refractivity contribution in [2.45, 2.75) is 63.5 Å². The summed E-state index contributed by atoms with van der Waals surface area (Å²) in [6, 6.07) is -1.31. The molecule has 6 heterocycles. The van der Waals surface area contributed by atoms with E-state index in [0.717, 1.165) is 9.80 Å². The Kier molecular flexibility index (Phi) is 7.91. The van der Waals surface area contributed by atoms with Crippen LogP contribution in [0.5, 0.6) is 0 Å². The number of rotatable bonds is 0. The highest BCUT2D eigenvalue weighted by Crippen LogP contribution is 2.15. The van der Waals surface area contributed by atoms with Gasteiger partial charge in [-0.3, -0.25) is 38.6 Å². The minimum atomic E-state index is -0.657. The normalized spacial score (nSPS) is 28.6. The summed E-state index contributed by atoms with van der Waals surface area (Å²) in [6.45, 7) is 0.356. The predicted molar refractivity (Wildman–Crippen MR) is 113 cm³/mol. The molecule has 10 heteroatoms. The quantitative estimate of drug-likeness (QED) is 0.306. The van der Waals surface area contributed by atoms with Crippen LogP contribution >= 0.6 is 0 Å². The Bertz CT molecular complexity index is 796. The monoisotopic (exact) mass is 444 g/mol. The van der Waals surface area contributed by atoms with Gasteiger partial charge in [-0.1, -0.05) is 24.3 Å². The number of hydrogen-bond acceptors (Lipinski definition) is 6. The van der Waals surface area contributed by atoms with E-state index in [9.17, 15) is 28.8 Å². The van der Waals surface area contributed by atoms with Gasteiger partial charge in [0.25, 0.3) is 11.8 Å². The van der Waals surface area contributed by atoms with Crippen molar-refractivity contribution >= 4 is 35.4 Å². The summed E-state index contributed by atoms with van der Waals surface area (Å²) in [7, 11) is 0. The largest absolute Gasteiger partial charge is 0.343 e. The smallest absolute Gasteiger partial charge is 0.253 e. The molecular formula is C22H28N4O6. The fourth-order valence-corrected chi connectivity index (χ4v) is 3.63. The van der Waals surface area contributed by atoms with Crippen LogP contribution in [-0.2, 0) is 28.8 Å². The molecule has 0 aromatic rings. The number of nitrogens with zero attached hydrogens (tertiary/aromatic N) is 2. The van der Waals surface area contributed by atoms with Crippen molar-refractivity contribution in [2.24, 2.45) is 0 Å². The van der Waals surface area contributed by atoms with Crippen molar-refractivity contribution in [1.82, 2.24) is 20.4 Å². The van der Waals surface area contributed by atoms with E-state index in [1.165, 1.54) is 0 Å². The van der Waals surface area contributed by atoms with E-state index in [-0.39, 0.29) is 62.4 Å². The van der Waals surface area contributed by atoms with Gasteiger partial charge < -0.3 is 10.6 Å². The summed E-state index contributed by atoms with van der Waals surface area (Å²) < 4.78 is 0. The second-order valence-electron chi connectivity index (χ2n) is 8.02. The van der Waals surface area contributed by atoms with Crippen molar-refractivity contribution in [3.05, 3.63) is 24.3 Å². The Morgan fingerprint density at radius 2 is 0.906 bits per heavy atom. The molecule has 0 aliphatic carbocycles. The Labute approximate surface area is 186 Å². The van der Waals surface area contributed by atoms with Gasteiger partial charge in [0.05, 0.1) is 13.1 Å². The van der Waals surface area contributed by atoms with Crippen molar-refractivity contribution in [3.63, 3.8) is 0 Å². The molecule has 0 aromatic heterocycles. The molecule has 6 rings (SSSR count). The molecule has 2 N–H and O–H groups in total. The number of imide groups is 2. The fourth-order valence-electron chi connectivity index (χ4n) is 3.63. The van der Waals surface area contributed by atoms with Gasteiger partial charge in [-0.25, -0.2) is 0 Å². The van der Waals surface area contributed by atoms with E-state index in [1.54, 1.807) is 24.3 Å². The molecule has 2 atom stereocenters. The minimum Gasteiger partial charge on any atom is -0.343 e. The Morgan fingerprint density at radius 3 is 1.25 bits per heavy atom. The summed E-state index contributed by atoms with van der Waals surface area (Å²) in [6.07, 6.45) is 9.59. The summed E-state index contributed by atoms with van der Waals surface area (Å²) in [5.74, 6) is -1.91. The standard InChI is InChI=1S/C22H28N4O6/c27-17-9-5-1-2-6-10-18(28)24-16-14-26(22(16)32)20(30)12-8-4-3-7-11-19(29)25-13-15(23-17)21(25)31/h1-4,15-16H,5-14H2,(H,23,27)(H,24,28)/b2-1+,4-3+/t15-,16-/m0/s1. The Morgan fingerprint density at radius 1 is 0.562 bits per heavy atom. The molecule has 0 radical (unpaired) electrons. The average Bonchev–Trinajstić information content (AvgIpc) is 2.76. The fraction of sp³-hybridized carbons (Fsp3) is 0.545. The van der Waals surface area contributed by atoms with Crippen LogP contribution in [0.4, 0.5) is 0 Å². The van der Waals surface area contributed by atoms with Gasteiger partial charge in [0.15, 0.2) is 0 Å². The maximum absolute atomic E-state index is 12.1. The lowest BCUT2D eigenvalue weighted by atomic mass is 10.1. The third-order valence-corrected chi connectivity index (χ3v) is 5.59. The van der Waals surface area contributed by atoms with E-state index >= 15 is 0 Å². The number of hydrogen-bond donors (Lipinski definition) is 2. The van der Waals surface area contributed by atoms with Gasteiger partial charge in [0.2, 0.25) is 23.6 Å². The zero-order chi connectivity index (χ0) is 23.1. The second kappa shape index (κ2) is 10.8. The molecular weight excluding hydrogens is 416 g/mol. The van der Waals surface area contributed by atoms with Gasteiger partial charge in [-0.05, 0) is 25.7 Å². The molecule has 6 aliphatic heterocycles. The van der Waals surface area contributed by atoms with E-state index in [0.29, 0.717) is 25.7 Å². The lowest BCUT2D eigenvalue weighted by Crippen LogP contribution is -2.65. The summed E-state index contributed by atoms with van der Waals surface area (Å²) in [4.78, 5) is 74.7. The van der Waals surface area contributed by atoms with Gasteiger partial charge in [-0.15, -0.1) is 0 Å². The Balaban J connectivity index is 1.53. The SMILES string of the molecule is O=C1CC/C=C/CCC(=O)N[C@H]2CN(C(=O)CC/C=C/CCC(=O)N3C[C@H](N1)C3=O)C2=O. The first-order valence-electron chi connectivity index (χ1n) is 10.9.